The molecule has 2 rings (SSSR count). The predicted molar refractivity (Wildman–Crippen MR) is 61.1 cm³/mol. The number of nitrogens with zero attached hydrogens (tertiary/aromatic N) is 2. The Morgan fingerprint density at radius 3 is 2.29 bits per heavy atom. The van der Waals surface area contributed by atoms with E-state index in [4.69, 9.17) is 0 Å². The summed E-state index contributed by atoms with van der Waals surface area (Å²) in [6.45, 7) is 2.52. The van der Waals surface area contributed by atoms with E-state index in [1.807, 2.05) is 0 Å². The molecule has 0 radical (unpaired) electrons. The summed E-state index contributed by atoms with van der Waals surface area (Å²) in [6, 6.07) is 0.220. The van der Waals surface area contributed by atoms with Crippen LogP contribution in [0.15, 0.2) is 0 Å². The lowest BCUT2D eigenvalue weighted by molar-refractivity contribution is -0.0502. The van der Waals surface area contributed by atoms with E-state index in [2.05, 4.69) is 6.92 Å². The number of urea groups is 1. The molecule has 0 bridgehead atoms. The van der Waals surface area contributed by atoms with Gasteiger partial charge in [-0.25, -0.2) is 13.6 Å². The van der Waals surface area contributed by atoms with Gasteiger partial charge in [-0.15, -0.1) is 0 Å². The van der Waals surface area contributed by atoms with Crippen LogP contribution in [0.3, 0.4) is 0 Å². The molecule has 0 atom stereocenters. The van der Waals surface area contributed by atoms with Crippen molar-refractivity contribution in [3.8, 4) is 0 Å². The molecule has 0 spiro atoms. The van der Waals surface area contributed by atoms with Gasteiger partial charge in [0.15, 0.2) is 0 Å². The van der Waals surface area contributed by atoms with Crippen LogP contribution in [-0.2, 0) is 0 Å². The molecule has 1 saturated carbocycles. The Labute approximate surface area is 101 Å². The lowest BCUT2D eigenvalue weighted by Gasteiger charge is -2.42. The lowest BCUT2D eigenvalue weighted by Crippen LogP contribution is -2.53. The van der Waals surface area contributed by atoms with Gasteiger partial charge in [-0.05, 0) is 18.8 Å². The van der Waals surface area contributed by atoms with Crippen LogP contribution in [0.4, 0.5) is 13.6 Å². The molecule has 0 N–H and O–H groups in total. The van der Waals surface area contributed by atoms with Crippen LogP contribution in [-0.4, -0.2) is 47.9 Å². The van der Waals surface area contributed by atoms with Crippen LogP contribution in [0.1, 0.15) is 32.6 Å². The Hall–Kier alpha value is -0.870. The van der Waals surface area contributed by atoms with Crippen molar-refractivity contribution in [1.82, 2.24) is 9.80 Å². The summed E-state index contributed by atoms with van der Waals surface area (Å²) in [5.74, 6) is -1.90. The molecule has 0 unspecified atom stereocenters. The van der Waals surface area contributed by atoms with E-state index in [9.17, 15) is 13.6 Å². The van der Waals surface area contributed by atoms with Gasteiger partial charge in [0.25, 0.3) is 5.92 Å². The highest BCUT2D eigenvalue weighted by molar-refractivity contribution is 5.74. The normalized spacial score (nSPS) is 31.9. The minimum Gasteiger partial charge on any atom is -0.325 e. The van der Waals surface area contributed by atoms with Crippen LogP contribution in [0.5, 0.6) is 0 Å². The first-order chi connectivity index (χ1) is 7.89. The van der Waals surface area contributed by atoms with Gasteiger partial charge in [0.1, 0.15) is 0 Å². The van der Waals surface area contributed by atoms with Crippen molar-refractivity contribution in [1.29, 1.82) is 0 Å². The molecule has 0 aromatic heterocycles. The highest BCUT2D eigenvalue weighted by Gasteiger charge is 2.38. The SMILES string of the molecule is CC1CC(N(C)C(=O)N2CCC(F)(F)CC2)C1. The molecule has 17 heavy (non-hydrogen) atoms. The smallest absolute Gasteiger partial charge is 0.319 e. The van der Waals surface area contributed by atoms with Crippen LogP contribution < -0.4 is 0 Å². The molecule has 1 saturated heterocycles. The molecule has 0 aromatic carbocycles. The summed E-state index contributed by atoms with van der Waals surface area (Å²) in [4.78, 5) is 15.3. The Morgan fingerprint density at radius 1 is 1.29 bits per heavy atom. The van der Waals surface area contributed by atoms with E-state index in [-0.39, 0.29) is 32.0 Å². The van der Waals surface area contributed by atoms with Gasteiger partial charge in [0, 0.05) is 39.0 Å². The maximum atomic E-state index is 13.0. The number of halogens is 2. The molecule has 1 aliphatic heterocycles. The van der Waals surface area contributed by atoms with Gasteiger partial charge in [0.05, 0.1) is 0 Å². The summed E-state index contributed by atoms with van der Waals surface area (Å²) in [5.41, 5.74) is 0. The fourth-order valence-electron chi connectivity index (χ4n) is 2.58. The van der Waals surface area contributed by atoms with Crippen LogP contribution in [0.2, 0.25) is 0 Å². The summed E-state index contributed by atoms with van der Waals surface area (Å²) in [7, 11) is 1.78. The van der Waals surface area contributed by atoms with Gasteiger partial charge >= 0.3 is 6.03 Å². The van der Waals surface area contributed by atoms with Crippen molar-refractivity contribution in [3.63, 3.8) is 0 Å². The summed E-state index contributed by atoms with van der Waals surface area (Å²) >= 11 is 0. The van der Waals surface area contributed by atoms with Crippen molar-refractivity contribution < 1.29 is 13.6 Å². The van der Waals surface area contributed by atoms with Gasteiger partial charge in [-0.3, -0.25) is 0 Å². The Bertz CT molecular complexity index is 293. The Balaban J connectivity index is 1.84. The Morgan fingerprint density at radius 2 is 1.82 bits per heavy atom. The number of carbonyl (C=O) groups excluding carboxylic acids is 1. The highest BCUT2D eigenvalue weighted by atomic mass is 19.3. The number of carbonyl (C=O) groups is 1. The van der Waals surface area contributed by atoms with E-state index in [0.29, 0.717) is 12.0 Å². The van der Waals surface area contributed by atoms with Crippen molar-refractivity contribution in [3.05, 3.63) is 0 Å². The van der Waals surface area contributed by atoms with Gasteiger partial charge < -0.3 is 9.80 Å². The molecule has 3 nitrogen and oxygen atoms in total. The topological polar surface area (TPSA) is 23.6 Å². The zero-order valence-corrected chi connectivity index (χ0v) is 10.5. The van der Waals surface area contributed by atoms with E-state index >= 15 is 0 Å². The molecule has 0 aromatic rings. The third kappa shape index (κ3) is 2.69. The predicted octanol–water partition coefficient (Wildman–Crippen LogP) is 2.57. The monoisotopic (exact) mass is 246 g/mol. The second kappa shape index (κ2) is 4.42. The first kappa shape index (κ1) is 12.6. The van der Waals surface area contributed by atoms with Gasteiger partial charge in [-0.2, -0.15) is 0 Å². The maximum absolute atomic E-state index is 13.0. The number of alkyl halides is 2. The van der Waals surface area contributed by atoms with E-state index < -0.39 is 5.92 Å². The van der Waals surface area contributed by atoms with E-state index in [1.165, 1.54) is 0 Å². The molecule has 98 valence electrons. The maximum Gasteiger partial charge on any atom is 0.319 e. The molecule has 2 aliphatic rings. The highest BCUT2D eigenvalue weighted by Crippen LogP contribution is 2.32. The molecule has 2 fully saturated rings. The number of amides is 2. The number of piperidine rings is 1. The summed E-state index contributed by atoms with van der Waals surface area (Å²) in [6.07, 6.45) is 1.67. The van der Waals surface area contributed by atoms with Gasteiger partial charge in [0.2, 0.25) is 0 Å². The van der Waals surface area contributed by atoms with E-state index in [1.54, 1.807) is 16.8 Å². The average Bonchev–Trinajstić information content (AvgIpc) is 2.23. The zero-order chi connectivity index (χ0) is 12.6. The lowest BCUT2D eigenvalue weighted by atomic mass is 9.81. The number of rotatable bonds is 1. The van der Waals surface area contributed by atoms with Crippen molar-refractivity contribution in [2.24, 2.45) is 5.92 Å². The molecule has 5 heteroatoms. The van der Waals surface area contributed by atoms with Crippen LogP contribution in [0.25, 0.3) is 0 Å². The van der Waals surface area contributed by atoms with Crippen LogP contribution in [0, 0.1) is 5.92 Å². The second-order valence-electron chi connectivity index (χ2n) is 5.47. The van der Waals surface area contributed by atoms with Crippen molar-refractivity contribution in [2.45, 2.75) is 44.6 Å². The number of hydrogen-bond acceptors (Lipinski definition) is 1. The third-order valence-corrected chi connectivity index (χ3v) is 3.96. The van der Waals surface area contributed by atoms with E-state index in [0.717, 1.165) is 12.8 Å². The first-order valence-corrected chi connectivity index (χ1v) is 6.28. The Kier molecular flexibility index (Phi) is 3.27. The average molecular weight is 246 g/mol. The van der Waals surface area contributed by atoms with Crippen LogP contribution >= 0.6 is 0 Å². The number of hydrogen-bond donors (Lipinski definition) is 0. The molecule has 1 aliphatic carbocycles. The minimum atomic E-state index is -2.58. The second-order valence-corrected chi connectivity index (χ2v) is 5.47. The zero-order valence-electron chi connectivity index (χ0n) is 10.5. The molecule has 1 heterocycles. The van der Waals surface area contributed by atoms with Crippen molar-refractivity contribution in [2.75, 3.05) is 20.1 Å². The third-order valence-electron chi connectivity index (χ3n) is 3.96. The molecule has 2 amide bonds. The summed E-state index contributed by atoms with van der Waals surface area (Å²) in [5, 5.41) is 0. The molecular weight excluding hydrogens is 226 g/mol. The molecular formula is C12H20F2N2O. The number of likely N-dealkylation sites (tertiary alicyclic amines) is 1. The standard InChI is InChI=1S/C12H20F2N2O/c1-9-7-10(8-9)15(2)11(17)16-5-3-12(13,14)4-6-16/h9-10H,3-8H2,1-2H3. The quantitative estimate of drug-likeness (QED) is 0.697. The van der Waals surface area contributed by atoms with Gasteiger partial charge in [-0.1, -0.05) is 6.92 Å². The first-order valence-electron chi connectivity index (χ1n) is 6.28. The largest absolute Gasteiger partial charge is 0.325 e. The fraction of sp³-hybridized carbons (Fsp3) is 0.917. The van der Waals surface area contributed by atoms with Crippen molar-refractivity contribution >= 4 is 6.03 Å². The fourth-order valence-corrected chi connectivity index (χ4v) is 2.58. The summed E-state index contributed by atoms with van der Waals surface area (Å²) < 4.78 is 26.0. The minimum absolute atomic E-state index is 0.0857.